The zero-order chi connectivity index (χ0) is 14.7. The van der Waals surface area contributed by atoms with Gasteiger partial charge in [0.05, 0.1) is 12.3 Å². The number of aliphatic hydroxyl groups is 1. The first-order chi connectivity index (χ1) is 9.45. The second kappa shape index (κ2) is 6.11. The maximum Gasteiger partial charge on any atom is 0.131 e. The number of aromatic nitrogens is 2. The molecule has 1 aromatic carbocycles. The molecule has 0 bridgehead atoms. The van der Waals surface area contributed by atoms with Crippen LogP contribution in [0.2, 0.25) is 0 Å². The smallest absolute Gasteiger partial charge is 0.131 e. The number of aliphatic hydroxyl groups excluding tert-OH is 1. The van der Waals surface area contributed by atoms with Crippen LogP contribution in [-0.2, 0) is 13.6 Å². The molecule has 1 unspecified atom stereocenters. The Morgan fingerprint density at radius 1 is 1.40 bits per heavy atom. The highest BCUT2D eigenvalue weighted by Crippen LogP contribution is 2.19. The van der Waals surface area contributed by atoms with Crippen LogP contribution in [0, 0.1) is 11.6 Å². The van der Waals surface area contributed by atoms with Gasteiger partial charge in [-0.25, -0.2) is 8.78 Å². The number of rotatable bonds is 5. The molecule has 0 saturated heterocycles. The third-order valence-electron chi connectivity index (χ3n) is 3.02. The van der Waals surface area contributed by atoms with Crippen LogP contribution in [0.4, 0.5) is 8.78 Å². The van der Waals surface area contributed by atoms with Crippen LogP contribution in [0.15, 0.2) is 30.6 Å². The van der Waals surface area contributed by atoms with Crippen LogP contribution >= 0.6 is 0 Å². The second-order valence-corrected chi connectivity index (χ2v) is 4.90. The molecule has 1 N–H and O–H groups in total. The average molecular weight is 281 g/mol. The van der Waals surface area contributed by atoms with Crippen LogP contribution in [0.3, 0.4) is 0 Å². The number of likely N-dealkylation sites (N-methyl/N-ethyl adjacent to an activating group) is 1. The van der Waals surface area contributed by atoms with E-state index in [1.807, 2.05) is 25.2 Å². The van der Waals surface area contributed by atoms with Gasteiger partial charge in [-0.1, -0.05) is 6.07 Å². The fraction of sp³-hybridized carbons (Fsp3) is 0.357. The minimum absolute atomic E-state index is 0.101. The summed E-state index contributed by atoms with van der Waals surface area (Å²) >= 11 is 0. The van der Waals surface area contributed by atoms with E-state index in [4.69, 9.17) is 0 Å². The molecule has 1 heterocycles. The first-order valence-electron chi connectivity index (χ1n) is 6.25. The summed E-state index contributed by atoms with van der Waals surface area (Å²) in [5.41, 5.74) is 1.10. The first kappa shape index (κ1) is 14.6. The van der Waals surface area contributed by atoms with Crippen molar-refractivity contribution >= 4 is 0 Å². The van der Waals surface area contributed by atoms with Crippen molar-refractivity contribution in [3.05, 3.63) is 53.4 Å². The zero-order valence-electron chi connectivity index (χ0n) is 11.4. The van der Waals surface area contributed by atoms with Crippen LogP contribution in [0.5, 0.6) is 0 Å². The third kappa shape index (κ3) is 3.61. The first-order valence-corrected chi connectivity index (χ1v) is 6.25. The van der Waals surface area contributed by atoms with Gasteiger partial charge in [0.15, 0.2) is 0 Å². The van der Waals surface area contributed by atoms with Crippen molar-refractivity contribution in [2.45, 2.75) is 12.6 Å². The minimum Gasteiger partial charge on any atom is -0.387 e. The summed E-state index contributed by atoms with van der Waals surface area (Å²) in [4.78, 5) is 1.85. The van der Waals surface area contributed by atoms with E-state index in [0.717, 1.165) is 17.7 Å². The molecule has 0 radical (unpaired) electrons. The number of nitrogens with zero attached hydrogens (tertiary/aromatic N) is 3. The summed E-state index contributed by atoms with van der Waals surface area (Å²) in [7, 11) is 3.64. The molecular formula is C14H17F2N3O. The Kier molecular flexibility index (Phi) is 4.46. The van der Waals surface area contributed by atoms with Gasteiger partial charge < -0.3 is 5.11 Å². The molecule has 0 amide bonds. The fourth-order valence-electron chi connectivity index (χ4n) is 2.10. The maximum atomic E-state index is 13.5. The van der Waals surface area contributed by atoms with E-state index in [-0.39, 0.29) is 12.1 Å². The molecule has 0 aliphatic rings. The highest BCUT2D eigenvalue weighted by molar-refractivity contribution is 5.21. The van der Waals surface area contributed by atoms with Crippen molar-refractivity contribution in [3.63, 3.8) is 0 Å². The Morgan fingerprint density at radius 3 is 2.75 bits per heavy atom. The lowest BCUT2D eigenvalue weighted by molar-refractivity contribution is 0.120. The van der Waals surface area contributed by atoms with E-state index >= 15 is 0 Å². The molecular weight excluding hydrogens is 264 g/mol. The number of hydrogen-bond acceptors (Lipinski definition) is 3. The van der Waals surface area contributed by atoms with Crippen molar-refractivity contribution in [2.75, 3.05) is 13.6 Å². The van der Waals surface area contributed by atoms with Gasteiger partial charge in [0.2, 0.25) is 0 Å². The van der Waals surface area contributed by atoms with Gasteiger partial charge in [0.25, 0.3) is 0 Å². The zero-order valence-corrected chi connectivity index (χ0v) is 11.4. The molecule has 0 saturated carbocycles. The summed E-state index contributed by atoms with van der Waals surface area (Å²) in [6.45, 7) is 0.838. The summed E-state index contributed by atoms with van der Waals surface area (Å²) in [5.74, 6) is -1.38. The van der Waals surface area contributed by atoms with Gasteiger partial charge in [-0.3, -0.25) is 9.58 Å². The van der Waals surface area contributed by atoms with Crippen LogP contribution in [0.25, 0.3) is 0 Å². The van der Waals surface area contributed by atoms with E-state index in [0.29, 0.717) is 6.54 Å². The molecule has 2 aromatic rings. The molecule has 20 heavy (non-hydrogen) atoms. The predicted molar refractivity (Wildman–Crippen MR) is 70.9 cm³/mol. The summed E-state index contributed by atoms with van der Waals surface area (Å²) < 4.78 is 28.1. The van der Waals surface area contributed by atoms with Crippen molar-refractivity contribution in [1.82, 2.24) is 14.7 Å². The lowest BCUT2D eigenvalue weighted by atomic mass is 10.1. The fourth-order valence-corrected chi connectivity index (χ4v) is 2.10. The Labute approximate surface area is 116 Å². The van der Waals surface area contributed by atoms with Crippen molar-refractivity contribution in [2.24, 2.45) is 7.05 Å². The van der Waals surface area contributed by atoms with Crippen molar-refractivity contribution in [3.8, 4) is 0 Å². The topological polar surface area (TPSA) is 41.3 Å². The number of benzene rings is 1. The monoisotopic (exact) mass is 281 g/mol. The molecule has 1 aromatic heterocycles. The van der Waals surface area contributed by atoms with E-state index in [9.17, 15) is 13.9 Å². The van der Waals surface area contributed by atoms with Crippen molar-refractivity contribution in [1.29, 1.82) is 0 Å². The standard InChI is InChI=1S/C14H17F2N3O/c1-18(7-10-6-17-19(2)8-10)9-14(20)12-4-3-11(15)5-13(12)16/h3-6,8,14,20H,7,9H2,1-2H3. The van der Waals surface area contributed by atoms with Crippen molar-refractivity contribution < 1.29 is 13.9 Å². The Balaban J connectivity index is 1.98. The molecule has 6 heteroatoms. The Morgan fingerprint density at radius 2 is 2.15 bits per heavy atom. The summed E-state index contributed by atoms with van der Waals surface area (Å²) in [6, 6.07) is 3.19. The summed E-state index contributed by atoms with van der Waals surface area (Å²) in [5, 5.41) is 14.1. The maximum absolute atomic E-state index is 13.5. The van der Waals surface area contributed by atoms with Crippen LogP contribution in [-0.4, -0.2) is 33.4 Å². The molecule has 0 spiro atoms. The quantitative estimate of drug-likeness (QED) is 0.909. The third-order valence-corrected chi connectivity index (χ3v) is 3.02. The SMILES string of the molecule is CN(Cc1cnn(C)c1)CC(O)c1ccc(F)cc1F. The van der Waals surface area contributed by atoms with Crippen LogP contribution in [0.1, 0.15) is 17.2 Å². The number of halogens is 2. The molecule has 108 valence electrons. The van der Waals surface area contributed by atoms with Gasteiger partial charge in [0.1, 0.15) is 11.6 Å². The molecule has 0 aliphatic heterocycles. The minimum atomic E-state index is -1.00. The van der Waals surface area contributed by atoms with E-state index in [1.54, 1.807) is 10.9 Å². The van der Waals surface area contributed by atoms with E-state index in [2.05, 4.69) is 5.10 Å². The molecule has 4 nitrogen and oxygen atoms in total. The Hall–Kier alpha value is -1.79. The van der Waals surface area contributed by atoms with E-state index in [1.165, 1.54) is 6.07 Å². The molecule has 0 fully saturated rings. The van der Waals surface area contributed by atoms with Gasteiger partial charge in [-0.15, -0.1) is 0 Å². The molecule has 2 rings (SSSR count). The second-order valence-electron chi connectivity index (χ2n) is 4.90. The molecule has 0 aliphatic carbocycles. The molecule has 1 atom stereocenters. The lowest BCUT2D eigenvalue weighted by Crippen LogP contribution is -2.24. The average Bonchev–Trinajstić information content (AvgIpc) is 2.74. The Bertz CT molecular complexity index is 586. The van der Waals surface area contributed by atoms with E-state index < -0.39 is 17.7 Å². The largest absolute Gasteiger partial charge is 0.387 e. The number of aryl methyl sites for hydroxylation is 1. The number of hydrogen-bond donors (Lipinski definition) is 1. The lowest BCUT2D eigenvalue weighted by Gasteiger charge is -2.20. The normalized spacial score (nSPS) is 12.9. The highest BCUT2D eigenvalue weighted by atomic mass is 19.1. The van der Waals surface area contributed by atoms with Gasteiger partial charge in [-0.05, 0) is 13.1 Å². The van der Waals surface area contributed by atoms with Crippen LogP contribution < -0.4 is 0 Å². The van der Waals surface area contributed by atoms with Gasteiger partial charge >= 0.3 is 0 Å². The van der Waals surface area contributed by atoms with Gasteiger partial charge in [-0.2, -0.15) is 5.10 Å². The van der Waals surface area contributed by atoms with Gasteiger partial charge in [0, 0.05) is 43.5 Å². The summed E-state index contributed by atoms with van der Waals surface area (Å²) in [6.07, 6.45) is 2.61. The predicted octanol–water partition coefficient (Wildman–Crippen LogP) is 1.86. The highest BCUT2D eigenvalue weighted by Gasteiger charge is 2.16.